The average Bonchev–Trinajstić information content (AvgIpc) is 3.03. The highest BCUT2D eigenvalue weighted by molar-refractivity contribution is 7.99. The van der Waals surface area contributed by atoms with Gasteiger partial charge in [0.25, 0.3) is 0 Å². The van der Waals surface area contributed by atoms with Crippen molar-refractivity contribution in [1.82, 2.24) is 9.80 Å². The Balaban J connectivity index is 1.93. The summed E-state index contributed by atoms with van der Waals surface area (Å²) in [6.07, 6.45) is 0. The van der Waals surface area contributed by atoms with E-state index in [4.69, 9.17) is 21.9 Å². The number of hydrogen-bond donors (Lipinski definition) is 1. The predicted octanol–water partition coefficient (Wildman–Crippen LogP) is 2.86. The Labute approximate surface area is 187 Å². The zero-order valence-corrected chi connectivity index (χ0v) is 14.6. The van der Waals surface area contributed by atoms with Crippen LogP contribution in [0.25, 0.3) is 0 Å². The summed E-state index contributed by atoms with van der Waals surface area (Å²) in [5.74, 6) is -0.789. The van der Waals surface area contributed by atoms with E-state index < -0.39 is 87.8 Å². The molecule has 6 heteroatoms. The fourth-order valence-corrected chi connectivity index (χ4v) is 3.26. The molecule has 142 valence electrons. The Morgan fingerprint density at radius 2 is 2.00 bits per heavy atom. The molecule has 1 N–H and O–H groups in total. The number of fused-ring (bicyclic) bond motifs is 2. The Hall–Kier alpha value is -1.86. The largest absolute Gasteiger partial charge is 0.394 e. The van der Waals surface area contributed by atoms with Crippen LogP contribution in [0.15, 0.2) is 63.2 Å². The van der Waals surface area contributed by atoms with Crippen molar-refractivity contribution in [3.8, 4) is 0 Å². The molecule has 0 spiro atoms. The molecule has 0 aromatic heterocycles. The van der Waals surface area contributed by atoms with Gasteiger partial charge in [0.2, 0.25) is 0 Å². The number of amidine groups is 1. The van der Waals surface area contributed by atoms with Gasteiger partial charge < -0.3 is 14.7 Å². The topological polar surface area (TPSA) is 48.3 Å². The Kier molecular flexibility index (Phi) is 2.47. The zero-order chi connectivity index (χ0) is 32.7. The van der Waals surface area contributed by atoms with E-state index >= 15 is 0 Å². The van der Waals surface area contributed by atoms with Crippen LogP contribution in [0.3, 0.4) is 0 Å². The van der Waals surface area contributed by atoms with Crippen molar-refractivity contribution in [3.63, 3.8) is 0 Å². The first-order chi connectivity index (χ1) is 19.4. The molecule has 4 rings (SSSR count). The van der Waals surface area contributed by atoms with E-state index in [1.165, 1.54) is 6.07 Å². The molecule has 1 fully saturated rings. The van der Waals surface area contributed by atoms with Crippen molar-refractivity contribution in [3.05, 3.63) is 54.0 Å². The zero-order valence-electron chi connectivity index (χ0n) is 29.8. The minimum absolute atomic E-state index is 0.0830. The van der Waals surface area contributed by atoms with E-state index in [9.17, 15) is 5.11 Å². The third-order valence-corrected chi connectivity index (χ3v) is 4.60. The molecule has 0 atom stereocenters. The van der Waals surface area contributed by atoms with E-state index in [1.54, 1.807) is 18.2 Å². The summed E-state index contributed by atoms with van der Waals surface area (Å²) in [4.78, 5) is 4.73. The molecule has 27 heavy (non-hydrogen) atoms. The van der Waals surface area contributed by atoms with Gasteiger partial charge in [-0.15, -0.1) is 0 Å². The summed E-state index contributed by atoms with van der Waals surface area (Å²) >= 11 is 0.853. The van der Waals surface area contributed by atoms with Gasteiger partial charge in [-0.2, -0.15) is 0 Å². The van der Waals surface area contributed by atoms with Gasteiger partial charge in [0.1, 0.15) is 5.84 Å². The summed E-state index contributed by atoms with van der Waals surface area (Å²) in [6.45, 7) is -22.8. The minimum atomic E-state index is -3.52. The highest BCUT2D eigenvalue weighted by Gasteiger charge is 2.24. The molecule has 2 aromatic rings. The van der Waals surface area contributed by atoms with Crippen molar-refractivity contribution in [2.75, 3.05) is 52.3 Å². The number of benzene rings is 2. The number of hydrogen-bond acceptors (Lipinski definition) is 6. The van der Waals surface area contributed by atoms with Crippen LogP contribution < -0.4 is 0 Å². The van der Waals surface area contributed by atoms with Gasteiger partial charge in [0.15, 0.2) is 0 Å². The van der Waals surface area contributed by atoms with Gasteiger partial charge in [-0.1, -0.05) is 42.0 Å². The lowest BCUT2D eigenvalue weighted by atomic mass is 10.1. The third kappa shape index (κ3) is 4.35. The second-order valence-electron chi connectivity index (χ2n) is 5.21. The lowest BCUT2D eigenvalue weighted by Gasteiger charge is -2.36. The molecule has 0 bridgehead atoms. The van der Waals surface area contributed by atoms with Gasteiger partial charge in [-0.3, -0.25) is 4.90 Å². The highest BCUT2D eigenvalue weighted by Crippen LogP contribution is 2.40. The molecule has 5 nitrogen and oxygen atoms in total. The number of aliphatic hydroxyl groups is 1. The van der Waals surface area contributed by atoms with Crippen molar-refractivity contribution in [2.24, 2.45) is 4.99 Å². The Bertz CT molecular complexity index is 1450. The first-order valence-corrected chi connectivity index (χ1v) is 8.65. The summed E-state index contributed by atoms with van der Waals surface area (Å²) in [5, 5.41) is 9.36. The van der Waals surface area contributed by atoms with Gasteiger partial charge in [-0.25, -0.2) is 4.99 Å². The normalized spacial score (nSPS) is 34.3. The first kappa shape index (κ1) is 7.52. The van der Waals surface area contributed by atoms with E-state index in [1.807, 2.05) is 0 Å². The highest BCUT2D eigenvalue weighted by atomic mass is 32.2. The molecule has 2 aliphatic rings. The Morgan fingerprint density at radius 3 is 2.85 bits per heavy atom. The summed E-state index contributed by atoms with van der Waals surface area (Å²) in [5.41, 5.74) is -0.388. The maximum atomic E-state index is 9.36. The maximum Gasteiger partial charge on any atom is 0.137 e. The van der Waals surface area contributed by atoms with Crippen LogP contribution in [-0.2, 0) is 4.74 Å². The second kappa shape index (κ2) is 8.89. The van der Waals surface area contributed by atoms with Crippen LogP contribution in [0.5, 0.6) is 0 Å². The van der Waals surface area contributed by atoms with Gasteiger partial charge in [0.05, 0.1) is 41.9 Å². The van der Waals surface area contributed by atoms with Gasteiger partial charge in [0, 0.05) is 53.4 Å². The quantitative estimate of drug-likeness (QED) is 0.838. The van der Waals surface area contributed by atoms with Crippen LogP contribution in [0.2, 0.25) is 0 Å². The fraction of sp³-hybridized carbons (Fsp3) is 0.381. The lowest BCUT2D eigenvalue weighted by molar-refractivity contribution is 0.0652. The van der Waals surface area contributed by atoms with E-state index in [2.05, 4.69) is 9.73 Å². The smallest absolute Gasteiger partial charge is 0.137 e. The number of ether oxygens (including phenoxy) is 1. The van der Waals surface area contributed by atoms with Crippen LogP contribution in [0, 0.1) is 0 Å². The lowest BCUT2D eigenvalue weighted by Crippen LogP contribution is -2.49. The van der Waals surface area contributed by atoms with E-state index in [0.29, 0.717) is 4.90 Å². The first-order valence-electron chi connectivity index (χ1n) is 15.8. The molecule has 0 aliphatic carbocycles. The van der Waals surface area contributed by atoms with E-state index in [0.717, 1.165) is 11.8 Å². The molecular weight excluding hydrogens is 358 g/mol. The number of nitrogens with zero attached hydrogens (tertiary/aromatic N) is 3. The SMILES string of the molecule is [2H]c1c([2H])c([2H])c2c(c1[2H])Sc1ccccc1N=C2N1C([2H])([2H])C([2H])([2H])N(CCOC([2H])([2H])C([2H])([2H])O)C([2H])([2H])C1([2H])[2H]. The van der Waals surface area contributed by atoms with Crippen LogP contribution in [-0.4, -0.2) is 73.0 Å². The number of para-hydroxylation sites is 1. The average molecular weight is 400 g/mol. The summed E-state index contributed by atoms with van der Waals surface area (Å²) in [7, 11) is 0. The maximum absolute atomic E-state index is 9.36. The molecule has 0 amide bonds. The number of aliphatic imine (C=N–C) groups is 1. The number of piperazine rings is 1. The molecule has 1 saturated heterocycles. The standard InChI is InChI=1S/C21H25N3O2S/c25-14-16-26-15-13-23-9-11-24(12-10-23)21-17-5-1-3-7-19(17)27-20-8-4-2-6-18(20)22-21/h1-8,25H,9-16H2/i1D,3D,5D,7D,9D2,10D2,11D2,12D2,14D2,16D2. The van der Waals surface area contributed by atoms with Gasteiger partial charge >= 0.3 is 0 Å². The van der Waals surface area contributed by atoms with Crippen molar-refractivity contribution < 1.29 is 31.8 Å². The van der Waals surface area contributed by atoms with Crippen molar-refractivity contribution >= 4 is 23.3 Å². The van der Waals surface area contributed by atoms with Crippen LogP contribution in [0.1, 0.15) is 27.5 Å². The second-order valence-corrected chi connectivity index (χ2v) is 6.26. The van der Waals surface area contributed by atoms with Crippen molar-refractivity contribution in [2.45, 2.75) is 9.79 Å². The monoisotopic (exact) mass is 399 g/mol. The summed E-state index contributed by atoms with van der Waals surface area (Å²) in [6, 6.07) is 3.47. The van der Waals surface area contributed by atoms with Crippen LogP contribution in [0.4, 0.5) is 5.69 Å². The molecule has 0 saturated carbocycles. The molecule has 0 unspecified atom stereocenters. The molecule has 2 aliphatic heterocycles. The Morgan fingerprint density at radius 1 is 1.19 bits per heavy atom. The predicted molar refractivity (Wildman–Crippen MR) is 109 cm³/mol. The molecule has 0 radical (unpaired) electrons. The van der Waals surface area contributed by atoms with Crippen LogP contribution >= 0.6 is 11.8 Å². The van der Waals surface area contributed by atoms with Crippen molar-refractivity contribution in [1.29, 1.82) is 0 Å². The molecular formula is C21H25N3O2S. The molecule has 2 heterocycles. The minimum Gasteiger partial charge on any atom is -0.394 e. The summed E-state index contributed by atoms with van der Waals surface area (Å²) < 4.78 is 137. The fourth-order valence-electron chi connectivity index (χ4n) is 2.33. The van der Waals surface area contributed by atoms with Gasteiger partial charge in [-0.05, 0) is 18.2 Å². The van der Waals surface area contributed by atoms with E-state index in [-0.39, 0.29) is 20.4 Å². The number of rotatable bonds is 5. The third-order valence-electron chi connectivity index (χ3n) is 3.52. The molecule has 2 aromatic carbocycles.